The van der Waals surface area contributed by atoms with E-state index in [1.54, 1.807) is 0 Å². The Kier molecular flexibility index (Phi) is 6.18. The SMILES string of the molecule is CCC(CC)CC(=O)C1(CN)CCCCCC1. The van der Waals surface area contributed by atoms with Crippen molar-refractivity contribution < 1.29 is 4.79 Å². The molecule has 0 atom stereocenters. The molecule has 0 aliphatic heterocycles. The van der Waals surface area contributed by atoms with Gasteiger partial charge in [-0.05, 0) is 18.8 Å². The van der Waals surface area contributed by atoms with Crippen LogP contribution in [0.4, 0.5) is 0 Å². The van der Waals surface area contributed by atoms with Crippen molar-refractivity contribution in [2.45, 2.75) is 71.6 Å². The molecule has 2 nitrogen and oxygen atoms in total. The third-order valence-corrected chi connectivity index (χ3v) is 4.67. The number of carbonyl (C=O) groups excluding carboxylic acids is 1. The second-order valence-corrected chi connectivity index (χ2v) is 5.71. The summed E-state index contributed by atoms with van der Waals surface area (Å²) in [6, 6.07) is 0. The van der Waals surface area contributed by atoms with Gasteiger partial charge in [0.1, 0.15) is 5.78 Å². The molecule has 0 bridgehead atoms. The Morgan fingerprint density at radius 1 is 1.12 bits per heavy atom. The zero-order chi connectivity index (χ0) is 12.7. The highest BCUT2D eigenvalue weighted by molar-refractivity contribution is 5.85. The maximum absolute atomic E-state index is 12.6. The van der Waals surface area contributed by atoms with Crippen LogP contribution in [0.2, 0.25) is 0 Å². The second-order valence-electron chi connectivity index (χ2n) is 5.71. The van der Waals surface area contributed by atoms with Crippen molar-refractivity contribution in [2.24, 2.45) is 17.1 Å². The summed E-state index contributed by atoms with van der Waals surface area (Å²) in [6.45, 7) is 4.93. The summed E-state index contributed by atoms with van der Waals surface area (Å²) in [4.78, 5) is 12.6. The average Bonchev–Trinajstić information content (AvgIpc) is 2.61. The predicted octanol–water partition coefficient (Wildman–Crippen LogP) is 3.68. The van der Waals surface area contributed by atoms with E-state index in [0.29, 0.717) is 18.2 Å². The minimum Gasteiger partial charge on any atom is -0.329 e. The summed E-state index contributed by atoms with van der Waals surface area (Å²) in [5, 5.41) is 0. The minimum absolute atomic E-state index is 0.168. The predicted molar refractivity (Wildman–Crippen MR) is 72.9 cm³/mol. The van der Waals surface area contributed by atoms with Gasteiger partial charge >= 0.3 is 0 Å². The molecule has 17 heavy (non-hydrogen) atoms. The van der Waals surface area contributed by atoms with Gasteiger partial charge in [-0.2, -0.15) is 0 Å². The highest BCUT2D eigenvalue weighted by Gasteiger charge is 2.37. The van der Waals surface area contributed by atoms with Crippen LogP contribution in [-0.2, 0) is 4.79 Å². The molecule has 0 heterocycles. The Labute approximate surface area is 106 Å². The van der Waals surface area contributed by atoms with Crippen molar-refractivity contribution in [3.05, 3.63) is 0 Å². The first-order valence-corrected chi connectivity index (χ1v) is 7.42. The van der Waals surface area contributed by atoms with Gasteiger partial charge in [0, 0.05) is 18.4 Å². The zero-order valence-electron chi connectivity index (χ0n) is 11.6. The molecule has 0 amide bonds. The molecule has 0 aromatic rings. The molecule has 1 rings (SSSR count). The van der Waals surface area contributed by atoms with E-state index < -0.39 is 0 Å². The second kappa shape index (κ2) is 7.15. The van der Waals surface area contributed by atoms with Crippen LogP contribution in [0.1, 0.15) is 71.6 Å². The van der Waals surface area contributed by atoms with Gasteiger partial charge in [0.25, 0.3) is 0 Å². The minimum atomic E-state index is -0.168. The molecule has 0 saturated heterocycles. The lowest BCUT2D eigenvalue weighted by Crippen LogP contribution is -2.39. The Morgan fingerprint density at radius 3 is 2.06 bits per heavy atom. The summed E-state index contributed by atoms with van der Waals surface area (Å²) in [5.74, 6) is 1.02. The van der Waals surface area contributed by atoms with E-state index in [-0.39, 0.29) is 5.41 Å². The first-order chi connectivity index (χ1) is 8.18. The van der Waals surface area contributed by atoms with E-state index in [2.05, 4.69) is 13.8 Å². The molecule has 1 aliphatic rings. The maximum atomic E-state index is 12.6. The fourth-order valence-corrected chi connectivity index (χ4v) is 3.06. The van der Waals surface area contributed by atoms with Gasteiger partial charge in [-0.3, -0.25) is 4.79 Å². The van der Waals surface area contributed by atoms with E-state index in [9.17, 15) is 4.79 Å². The Balaban J connectivity index is 2.66. The van der Waals surface area contributed by atoms with Crippen LogP contribution in [0.15, 0.2) is 0 Å². The van der Waals surface area contributed by atoms with Crippen LogP contribution in [0.25, 0.3) is 0 Å². The lowest BCUT2D eigenvalue weighted by Gasteiger charge is -2.31. The fourth-order valence-electron chi connectivity index (χ4n) is 3.06. The standard InChI is InChI=1S/C15H29NO/c1-3-13(4-2)11-14(17)15(12-16)9-7-5-6-8-10-15/h13H,3-12,16H2,1-2H3. The molecule has 1 saturated carbocycles. The molecule has 0 aromatic carbocycles. The van der Waals surface area contributed by atoms with Crippen molar-refractivity contribution in [3.8, 4) is 0 Å². The molecular formula is C15H29NO. The number of rotatable bonds is 6. The Morgan fingerprint density at radius 2 is 1.65 bits per heavy atom. The van der Waals surface area contributed by atoms with E-state index in [0.717, 1.165) is 32.1 Å². The summed E-state index contributed by atoms with van der Waals surface area (Å²) in [5.41, 5.74) is 5.78. The van der Waals surface area contributed by atoms with Gasteiger partial charge in [0.05, 0.1) is 0 Å². The van der Waals surface area contributed by atoms with E-state index >= 15 is 0 Å². The summed E-state index contributed by atoms with van der Waals surface area (Å²) in [7, 11) is 0. The highest BCUT2D eigenvalue weighted by Crippen LogP contribution is 2.37. The molecule has 2 heteroatoms. The normalized spacial score (nSPS) is 20.2. The molecule has 1 fully saturated rings. The lowest BCUT2D eigenvalue weighted by molar-refractivity contribution is -0.130. The quantitative estimate of drug-likeness (QED) is 0.718. The number of hydrogen-bond acceptors (Lipinski definition) is 2. The van der Waals surface area contributed by atoms with Gasteiger partial charge < -0.3 is 5.73 Å². The first-order valence-electron chi connectivity index (χ1n) is 7.42. The van der Waals surface area contributed by atoms with Gasteiger partial charge in [0.2, 0.25) is 0 Å². The van der Waals surface area contributed by atoms with Crippen LogP contribution in [0.5, 0.6) is 0 Å². The van der Waals surface area contributed by atoms with E-state index in [4.69, 9.17) is 5.73 Å². The van der Waals surface area contributed by atoms with Gasteiger partial charge in [-0.25, -0.2) is 0 Å². The Bertz CT molecular complexity index is 225. The van der Waals surface area contributed by atoms with Crippen molar-refractivity contribution in [3.63, 3.8) is 0 Å². The number of ketones is 1. The van der Waals surface area contributed by atoms with E-state index in [1.807, 2.05) is 0 Å². The maximum Gasteiger partial charge on any atom is 0.140 e. The van der Waals surface area contributed by atoms with Crippen LogP contribution in [0, 0.1) is 11.3 Å². The third-order valence-electron chi connectivity index (χ3n) is 4.67. The highest BCUT2D eigenvalue weighted by atomic mass is 16.1. The zero-order valence-corrected chi connectivity index (χ0v) is 11.6. The number of hydrogen-bond donors (Lipinski definition) is 1. The van der Waals surface area contributed by atoms with Crippen molar-refractivity contribution in [2.75, 3.05) is 6.54 Å². The molecule has 100 valence electrons. The molecule has 0 aromatic heterocycles. The smallest absolute Gasteiger partial charge is 0.140 e. The summed E-state index contributed by atoms with van der Waals surface area (Å²) in [6.07, 6.45) is 9.97. The van der Waals surface area contributed by atoms with Gasteiger partial charge in [0.15, 0.2) is 0 Å². The number of nitrogens with two attached hydrogens (primary N) is 1. The van der Waals surface area contributed by atoms with Crippen molar-refractivity contribution in [1.29, 1.82) is 0 Å². The number of Topliss-reactive ketones (excluding diaryl/α,β-unsaturated/α-hetero) is 1. The van der Waals surface area contributed by atoms with Crippen LogP contribution < -0.4 is 5.73 Å². The summed E-state index contributed by atoms with van der Waals surface area (Å²) < 4.78 is 0. The van der Waals surface area contributed by atoms with Gasteiger partial charge in [-0.15, -0.1) is 0 Å². The van der Waals surface area contributed by atoms with Crippen LogP contribution in [0.3, 0.4) is 0 Å². The molecule has 0 unspecified atom stereocenters. The molecule has 0 spiro atoms. The fraction of sp³-hybridized carbons (Fsp3) is 0.933. The third kappa shape index (κ3) is 3.80. The molecule has 2 N–H and O–H groups in total. The van der Waals surface area contributed by atoms with Gasteiger partial charge in [-0.1, -0.05) is 52.4 Å². The molecule has 0 radical (unpaired) electrons. The van der Waals surface area contributed by atoms with E-state index in [1.165, 1.54) is 25.7 Å². The average molecular weight is 239 g/mol. The number of carbonyl (C=O) groups is 1. The lowest BCUT2D eigenvalue weighted by atomic mass is 9.73. The monoisotopic (exact) mass is 239 g/mol. The largest absolute Gasteiger partial charge is 0.329 e. The molecule has 1 aliphatic carbocycles. The topological polar surface area (TPSA) is 43.1 Å². The Hall–Kier alpha value is -0.370. The van der Waals surface area contributed by atoms with Crippen molar-refractivity contribution >= 4 is 5.78 Å². The van der Waals surface area contributed by atoms with Crippen molar-refractivity contribution in [1.82, 2.24) is 0 Å². The molecular weight excluding hydrogens is 210 g/mol. The van der Waals surface area contributed by atoms with Crippen LogP contribution >= 0.6 is 0 Å². The van der Waals surface area contributed by atoms with Crippen LogP contribution in [-0.4, -0.2) is 12.3 Å². The summed E-state index contributed by atoms with van der Waals surface area (Å²) >= 11 is 0. The first kappa shape index (κ1) is 14.7.